The number of nitrogens with zero attached hydrogens (tertiary/aromatic N) is 2. The number of urea groups is 1. The van der Waals surface area contributed by atoms with Crippen molar-refractivity contribution in [1.29, 1.82) is 0 Å². The summed E-state index contributed by atoms with van der Waals surface area (Å²) in [5, 5.41) is 2.47. The molecule has 3 heterocycles. The molecule has 1 saturated heterocycles. The van der Waals surface area contributed by atoms with Crippen molar-refractivity contribution in [3.63, 3.8) is 0 Å². The Bertz CT molecular complexity index is 919. The number of pyridine rings is 1. The van der Waals surface area contributed by atoms with Gasteiger partial charge in [-0.1, -0.05) is 6.07 Å². The third-order valence-corrected chi connectivity index (χ3v) is 5.21. The molecule has 2 aliphatic heterocycles. The van der Waals surface area contributed by atoms with Crippen molar-refractivity contribution in [2.75, 3.05) is 18.1 Å². The van der Waals surface area contributed by atoms with Crippen LogP contribution in [-0.2, 0) is 10.2 Å². The van der Waals surface area contributed by atoms with Crippen LogP contribution in [-0.4, -0.2) is 30.1 Å². The van der Waals surface area contributed by atoms with Gasteiger partial charge in [-0.25, -0.2) is 14.7 Å². The number of hydrogen-bond donors (Lipinski definition) is 1. The Morgan fingerprint density at radius 1 is 1.23 bits per heavy atom. The van der Waals surface area contributed by atoms with E-state index < -0.39 is 6.03 Å². The SMILES string of the molecule is Cc1ccc(Oc2ccc(N3C(=O)CNC3=O)nc2)c2c1OCC21CC1. The Balaban J connectivity index is 1.44. The summed E-state index contributed by atoms with van der Waals surface area (Å²) < 4.78 is 12.0. The van der Waals surface area contributed by atoms with Gasteiger partial charge < -0.3 is 14.8 Å². The van der Waals surface area contributed by atoms with E-state index in [4.69, 9.17) is 9.47 Å². The number of hydrogen-bond acceptors (Lipinski definition) is 5. The lowest BCUT2D eigenvalue weighted by Gasteiger charge is -2.15. The molecule has 7 heteroatoms. The maximum Gasteiger partial charge on any atom is 0.330 e. The molecular formula is C19H17N3O4. The summed E-state index contributed by atoms with van der Waals surface area (Å²) >= 11 is 0. The largest absolute Gasteiger partial charge is 0.492 e. The van der Waals surface area contributed by atoms with Gasteiger partial charge in [-0.05, 0) is 43.5 Å². The molecule has 5 rings (SSSR count). The average molecular weight is 351 g/mol. The van der Waals surface area contributed by atoms with Crippen LogP contribution in [0.15, 0.2) is 30.5 Å². The third-order valence-electron chi connectivity index (χ3n) is 5.21. The first kappa shape index (κ1) is 15.2. The zero-order valence-electron chi connectivity index (χ0n) is 14.2. The van der Waals surface area contributed by atoms with Gasteiger partial charge in [-0.15, -0.1) is 0 Å². The number of anilines is 1. The minimum atomic E-state index is -0.458. The van der Waals surface area contributed by atoms with Crippen molar-refractivity contribution >= 4 is 17.8 Å². The molecule has 2 aromatic rings. The van der Waals surface area contributed by atoms with Crippen molar-refractivity contribution in [2.24, 2.45) is 0 Å². The van der Waals surface area contributed by atoms with E-state index in [0.717, 1.165) is 40.4 Å². The number of carbonyl (C=O) groups is 2. The molecule has 1 spiro atoms. The molecule has 1 saturated carbocycles. The Morgan fingerprint density at radius 3 is 2.73 bits per heavy atom. The normalized spacial score (nSPS) is 19.3. The standard InChI is InChI=1S/C19H17N3O4/c1-11-2-4-13(16-17(11)25-10-19(16)6-7-19)26-12-3-5-14(20-8-12)22-15(23)9-21-18(22)24/h2-5,8H,6-7,9-10H2,1H3,(H,21,24). The second-order valence-corrected chi connectivity index (χ2v) is 7.00. The highest BCUT2D eigenvalue weighted by atomic mass is 16.5. The summed E-state index contributed by atoms with van der Waals surface area (Å²) in [6.07, 6.45) is 3.75. The lowest BCUT2D eigenvalue weighted by molar-refractivity contribution is -0.115. The molecule has 1 aromatic heterocycles. The molecule has 0 atom stereocenters. The van der Waals surface area contributed by atoms with E-state index >= 15 is 0 Å². The van der Waals surface area contributed by atoms with E-state index in [1.807, 2.05) is 19.1 Å². The zero-order chi connectivity index (χ0) is 17.9. The van der Waals surface area contributed by atoms with Crippen molar-refractivity contribution in [1.82, 2.24) is 10.3 Å². The molecule has 1 aliphatic carbocycles. The zero-order valence-corrected chi connectivity index (χ0v) is 14.2. The summed E-state index contributed by atoms with van der Waals surface area (Å²) in [7, 11) is 0. The molecule has 0 bridgehead atoms. The van der Waals surface area contributed by atoms with Gasteiger partial charge >= 0.3 is 6.03 Å². The van der Waals surface area contributed by atoms with Crippen LogP contribution in [0.4, 0.5) is 10.6 Å². The van der Waals surface area contributed by atoms with Crippen LogP contribution in [0.2, 0.25) is 0 Å². The number of benzene rings is 1. The Labute approximate surface area is 149 Å². The Kier molecular flexibility index (Phi) is 3.04. The van der Waals surface area contributed by atoms with E-state index in [1.54, 1.807) is 12.1 Å². The predicted octanol–water partition coefficient (Wildman–Crippen LogP) is 2.66. The first-order valence-electron chi connectivity index (χ1n) is 8.59. The average Bonchev–Trinajstić information content (AvgIpc) is 3.20. The minimum Gasteiger partial charge on any atom is -0.492 e. The molecule has 3 amide bonds. The smallest absolute Gasteiger partial charge is 0.330 e. The van der Waals surface area contributed by atoms with Crippen LogP contribution in [0.1, 0.15) is 24.0 Å². The number of amides is 3. The summed E-state index contributed by atoms with van der Waals surface area (Å²) in [6.45, 7) is 2.75. The van der Waals surface area contributed by atoms with Crippen molar-refractivity contribution in [3.8, 4) is 17.2 Å². The van der Waals surface area contributed by atoms with Crippen LogP contribution < -0.4 is 19.7 Å². The van der Waals surface area contributed by atoms with Gasteiger partial charge in [-0.2, -0.15) is 0 Å². The topological polar surface area (TPSA) is 80.8 Å². The molecule has 0 unspecified atom stereocenters. The highest BCUT2D eigenvalue weighted by molar-refractivity contribution is 6.19. The molecule has 132 valence electrons. The Morgan fingerprint density at radius 2 is 2.08 bits per heavy atom. The lowest BCUT2D eigenvalue weighted by Crippen LogP contribution is -2.31. The van der Waals surface area contributed by atoms with Gasteiger partial charge in [0.15, 0.2) is 0 Å². The van der Waals surface area contributed by atoms with E-state index in [1.165, 1.54) is 6.20 Å². The number of aromatic nitrogens is 1. The molecule has 0 radical (unpaired) electrons. The number of rotatable bonds is 3. The fourth-order valence-electron chi connectivity index (χ4n) is 3.62. The number of imide groups is 1. The van der Waals surface area contributed by atoms with Crippen molar-refractivity contribution in [2.45, 2.75) is 25.2 Å². The molecule has 3 aliphatic rings. The molecule has 2 fully saturated rings. The van der Waals surface area contributed by atoms with Crippen LogP contribution in [0.5, 0.6) is 17.2 Å². The van der Waals surface area contributed by atoms with Crippen molar-refractivity contribution < 1.29 is 19.1 Å². The van der Waals surface area contributed by atoms with Gasteiger partial charge in [0, 0.05) is 11.0 Å². The van der Waals surface area contributed by atoms with Crippen LogP contribution in [0.25, 0.3) is 0 Å². The van der Waals surface area contributed by atoms with E-state index in [2.05, 4.69) is 10.3 Å². The fourth-order valence-corrected chi connectivity index (χ4v) is 3.62. The van der Waals surface area contributed by atoms with Crippen LogP contribution in [0.3, 0.4) is 0 Å². The minimum absolute atomic E-state index is 0.00362. The quantitative estimate of drug-likeness (QED) is 0.860. The molecule has 26 heavy (non-hydrogen) atoms. The lowest BCUT2D eigenvalue weighted by atomic mass is 9.95. The van der Waals surface area contributed by atoms with E-state index in [0.29, 0.717) is 12.4 Å². The maximum atomic E-state index is 11.8. The van der Waals surface area contributed by atoms with Crippen molar-refractivity contribution in [3.05, 3.63) is 41.6 Å². The Hall–Kier alpha value is -3.09. The highest BCUT2D eigenvalue weighted by Gasteiger charge is 2.53. The van der Waals surface area contributed by atoms with Gasteiger partial charge in [-0.3, -0.25) is 4.79 Å². The van der Waals surface area contributed by atoms with Gasteiger partial charge in [0.25, 0.3) is 5.91 Å². The van der Waals surface area contributed by atoms with Crippen LogP contribution in [0, 0.1) is 6.92 Å². The second-order valence-electron chi connectivity index (χ2n) is 7.00. The molecular weight excluding hydrogens is 334 g/mol. The number of nitrogens with one attached hydrogen (secondary N) is 1. The summed E-state index contributed by atoms with van der Waals surface area (Å²) in [4.78, 5) is 28.7. The van der Waals surface area contributed by atoms with Crippen LogP contribution >= 0.6 is 0 Å². The summed E-state index contributed by atoms with van der Waals surface area (Å²) in [5.74, 6) is 2.23. The monoisotopic (exact) mass is 351 g/mol. The fraction of sp³-hybridized carbons (Fsp3) is 0.316. The third kappa shape index (κ3) is 2.16. The number of carbonyl (C=O) groups excluding carboxylic acids is 2. The second kappa shape index (κ2) is 5.20. The molecule has 1 aromatic carbocycles. The summed E-state index contributed by atoms with van der Waals surface area (Å²) in [5.41, 5.74) is 2.36. The number of fused-ring (bicyclic) bond motifs is 2. The molecule has 7 nitrogen and oxygen atoms in total. The summed E-state index contributed by atoms with van der Waals surface area (Å²) in [6, 6.07) is 6.82. The highest BCUT2D eigenvalue weighted by Crippen LogP contribution is 2.59. The number of aryl methyl sites for hydroxylation is 1. The maximum absolute atomic E-state index is 11.8. The van der Waals surface area contributed by atoms with Gasteiger partial charge in [0.1, 0.15) is 23.1 Å². The predicted molar refractivity (Wildman–Crippen MR) is 92.8 cm³/mol. The first-order valence-corrected chi connectivity index (χ1v) is 8.59. The van der Waals surface area contributed by atoms with E-state index in [9.17, 15) is 9.59 Å². The van der Waals surface area contributed by atoms with Gasteiger partial charge in [0.05, 0.1) is 19.3 Å². The van der Waals surface area contributed by atoms with E-state index in [-0.39, 0.29) is 23.7 Å². The molecule has 1 N–H and O–H groups in total. The first-order chi connectivity index (χ1) is 12.6. The number of ether oxygens (including phenoxy) is 2. The van der Waals surface area contributed by atoms with Gasteiger partial charge in [0.2, 0.25) is 0 Å².